The normalized spacial score (nSPS) is 13.9. The van der Waals surface area contributed by atoms with E-state index >= 15 is 0 Å². The Labute approximate surface area is 196 Å². The van der Waals surface area contributed by atoms with Gasteiger partial charge in [0.15, 0.2) is 0 Å². The van der Waals surface area contributed by atoms with Crippen molar-refractivity contribution in [2.24, 2.45) is 0 Å². The number of carboxylic acids is 2. The molecule has 1 amide bonds. The molecule has 1 aliphatic heterocycles. The Morgan fingerprint density at radius 3 is 2.32 bits per heavy atom. The van der Waals surface area contributed by atoms with Gasteiger partial charge < -0.3 is 30.0 Å². The van der Waals surface area contributed by atoms with Crippen molar-refractivity contribution in [1.29, 1.82) is 0 Å². The molecule has 0 saturated carbocycles. The minimum Gasteiger partial charge on any atom is -0.495 e. The number of carbonyl (C=O) groups is 3. The van der Waals surface area contributed by atoms with Gasteiger partial charge in [-0.1, -0.05) is 6.42 Å². The van der Waals surface area contributed by atoms with Crippen LogP contribution in [0.1, 0.15) is 25.0 Å². The van der Waals surface area contributed by atoms with Crippen molar-refractivity contribution in [3.05, 3.63) is 42.4 Å². The Balaban J connectivity index is 0.000000604. The van der Waals surface area contributed by atoms with Gasteiger partial charge in [-0.3, -0.25) is 4.79 Å². The minimum absolute atomic E-state index is 0.0486. The van der Waals surface area contributed by atoms with E-state index in [9.17, 15) is 13.2 Å². The molecule has 0 bridgehead atoms. The SMILES string of the molecule is COc1ccc(S(=O)(=O)N2CCCCC2)cc1NC(=O)CNCc1ccco1.O=C(O)C(=O)O. The number of hydrogen-bond acceptors (Lipinski definition) is 8. The second-order valence-corrected chi connectivity index (χ2v) is 9.11. The highest BCUT2D eigenvalue weighted by Gasteiger charge is 2.27. The van der Waals surface area contributed by atoms with E-state index in [4.69, 9.17) is 29.0 Å². The highest BCUT2D eigenvalue weighted by molar-refractivity contribution is 7.89. The Kier molecular flexibility index (Phi) is 10.0. The third kappa shape index (κ3) is 7.86. The van der Waals surface area contributed by atoms with Crippen LogP contribution in [-0.4, -0.2) is 67.5 Å². The molecule has 1 aromatic carbocycles. The van der Waals surface area contributed by atoms with E-state index in [1.807, 2.05) is 6.07 Å². The van der Waals surface area contributed by atoms with Crippen LogP contribution in [0.2, 0.25) is 0 Å². The first-order valence-electron chi connectivity index (χ1n) is 10.3. The number of sulfonamides is 1. The average Bonchev–Trinajstić information content (AvgIpc) is 3.33. The van der Waals surface area contributed by atoms with Crippen LogP contribution in [0.5, 0.6) is 5.75 Å². The van der Waals surface area contributed by atoms with Crippen LogP contribution in [0.3, 0.4) is 0 Å². The Hall–Kier alpha value is -3.42. The molecular weight excluding hydrogens is 470 g/mol. The number of ether oxygens (including phenoxy) is 1. The van der Waals surface area contributed by atoms with Gasteiger partial charge in [0.1, 0.15) is 11.5 Å². The van der Waals surface area contributed by atoms with Crippen LogP contribution >= 0.6 is 0 Å². The molecule has 0 aliphatic carbocycles. The summed E-state index contributed by atoms with van der Waals surface area (Å²) in [5.41, 5.74) is 0.324. The van der Waals surface area contributed by atoms with Crippen LogP contribution < -0.4 is 15.4 Å². The van der Waals surface area contributed by atoms with Crippen molar-refractivity contribution >= 4 is 33.6 Å². The molecule has 1 aromatic heterocycles. The Bertz CT molecular complexity index is 1070. The highest BCUT2D eigenvalue weighted by Crippen LogP contribution is 2.29. The Morgan fingerprint density at radius 1 is 1.09 bits per heavy atom. The second-order valence-electron chi connectivity index (χ2n) is 7.17. The van der Waals surface area contributed by atoms with Gasteiger partial charge in [0.2, 0.25) is 15.9 Å². The standard InChI is InChI=1S/C19H25N3O5S.C2H2O4/c1-26-18-8-7-16(28(24,25)22-9-3-2-4-10-22)12-17(18)21-19(23)14-20-13-15-6-5-11-27-15;3-1(4)2(5)6/h5-8,11-12,20H,2-4,9-10,13-14H2,1H3,(H,21,23);(H,3,4)(H,5,6). The summed E-state index contributed by atoms with van der Waals surface area (Å²) in [6.45, 7) is 1.51. The van der Waals surface area contributed by atoms with E-state index in [0.717, 1.165) is 25.0 Å². The van der Waals surface area contributed by atoms with Gasteiger partial charge in [0.25, 0.3) is 0 Å². The number of carboxylic acid groups (broad SMARTS) is 2. The van der Waals surface area contributed by atoms with Crippen LogP contribution in [0.15, 0.2) is 45.9 Å². The number of nitrogens with one attached hydrogen (secondary N) is 2. The van der Waals surface area contributed by atoms with Crippen molar-refractivity contribution in [3.8, 4) is 5.75 Å². The van der Waals surface area contributed by atoms with Gasteiger partial charge in [0, 0.05) is 13.1 Å². The summed E-state index contributed by atoms with van der Waals surface area (Å²) < 4.78 is 37.7. The van der Waals surface area contributed by atoms with E-state index in [1.54, 1.807) is 18.4 Å². The van der Waals surface area contributed by atoms with Crippen molar-refractivity contribution in [3.63, 3.8) is 0 Å². The van der Waals surface area contributed by atoms with Crippen molar-refractivity contribution in [2.45, 2.75) is 30.7 Å². The lowest BCUT2D eigenvalue weighted by Gasteiger charge is -2.26. The third-order valence-electron chi connectivity index (χ3n) is 4.75. The molecule has 2 heterocycles. The van der Waals surface area contributed by atoms with E-state index in [0.29, 0.717) is 31.1 Å². The molecule has 4 N–H and O–H groups in total. The smallest absolute Gasteiger partial charge is 0.414 e. The molecule has 13 heteroatoms. The number of nitrogens with zero attached hydrogens (tertiary/aromatic N) is 1. The minimum atomic E-state index is -3.59. The van der Waals surface area contributed by atoms with Gasteiger partial charge in [-0.05, 0) is 43.2 Å². The summed E-state index contributed by atoms with van der Waals surface area (Å²) in [5.74, 6) is -2.83. The first-order valence-corrected chi connectivity index (χ1v) is 11.8. The second kappa shape index (κ2) is 12.7. The molecule has 0 radical (unpaired) electrons. The number of rotatable bonds is 8. The number of piperidine rings is 1. The topological polar surface area (TPSA) is 175 Å². The molecule has 0 spiro atoms. The molecule has 1 saturated heterocycles. The first-order chi connectivity index (χ1) is 16.1. The fourth-order valence-electron chi connectivity index (χ4n) is 3.11. The number of hydrogen-bond donors (Lipinski definition) is 4. The fraction of sp³-hybridized carbons (Fsp3) is 0.381. The van der Waals surface area contributed by atoms with Gasteiger partial charge in [-0.2, -0.15) is 4.31 Å². The quantitative estimate of drug-likeness (QED) is 0.389. The van der Waals surface area contributed by atoms with E-state index in [1.165, 1.54) is 23.5 Å². The number of carbonyl (C=O) groups excluding carboxylic acids is 1. The predicted octanol–water partition coefficient (Wildman–Crippen LogP) is 1.35. The van der Waals surface area contributed by atoms with Crippen molar-refractivity contribution in [2.75, 3.05) is 32.1 Å². The first kappa shape index (κ1) is 26.8. The number of furan rings is 1. The van der Waals surface area contributed by atoms with Gasteiger partial charge in [-0.25, -0.2) is 18.0 Å². The molecule has 1 aliphatic rings. The number of benzene rings is 1. The number of amides is 1. The molecule has 3 rings (SSSR count). The largest absolute Gasteiger partial charge is 0.495 e. The summed E-state index contributed by atoms with van der Waals surface area (Å²) >= 11 is 0. The fourth-order valence-corrected chi connectivity index (χ4v) is 4.65. The average molecular weight is 498 g/mol. The molecule has 0 unspecified atom stereocenters. The number of aliphatic carboxylic acids is 2. The third-order valence-corrected chi connectivity index (χ3v) is 6.64. The molecule has 0 atom stereocenters. The zero-order chi connectivity index (χ0) is 25.1. The predicted molar refractivity (Wildman–Crippen MR) is 120 cm³/mol. The summed E-state index contributed by atoms with van der Waals surface area (Å²) in [4.78, 5) is 30.6. The molecule has 34 heavy (non-hydrogen) atoms. The zero-order valence-corrected chi connectivity index (χ0v) is 19.3. The maximum Gasteiger partial charge on any atom is 0.414 e. The Morgan fingerprint density at radius 2 is 1.76 bits per heavy atom. The summed E-state index contributed by atoms with van der Waals surface area (Å²) in [5, 5.41) is 20.5. The number of methoxy groups -OCH3 is 1. The molecule has 12 nitrogen and oxygen atoms in total. The lowest BCUT2D eigenvalue weighted by molar-refractivity contribution is -0.159. The molecule has 186 valence electrons. The van der Waals surface area contributed by atoms with Crippen LogP contribution in [0.25, 0.3) is 0 Å². The van der Waals surface area contributed by atoms with Gasteiger partial charge in [-0.15, -0.1) is 0 Å². The lowest BCUT2D eigenvalue weighted by Crippen LogP contribution is -2.35. The molecule has 2 aromatic rings. The monoisotopic (exact) mass is 497 g/mol. The van der Waals surface area contributed by atoms with Crippen LogP contribution in [0.4, 0.5) is 5.69 Å². The lowest BCUT2D eigenvalue weighted by atomic mass is 10.2. The summed E-state index contributed by atoms with van der Waals surface area (Å²) in [6, 6.07) is 8.10. The van der Waals surface area contributed by atoms with Gasteiger partial charge >= 0.3 is 11.9 Å². The van der Waals surface area contributed by atoms with Gasteiger partial charge in [0.05, 0.1) is 37.0 Å². The van der Waals surface area contributed by atoms with Crippen molar-refractivity contribution in [1.82, 2.24) is 9.62 Å². The van der Waals surface area contributed by atoms with E-state index in [2.05, 4.69) is 10.6 Å². The summed E-state index contributed by atoms with van der Waals surface area (Å²) in [7, 11) is -2.12. The highest BCUT2D eigenvalue weighted by atomic mass is 32.2. The molecule has 1 fully saturated rings. The van der Waals surface area contributed by atoms with E-state index in [-0.39, 0.29) is 17.3 Å². The van der Waals surface area contributed by atoms with Crippen molar-refractivity contribution < 1.29 is 42.2 Å². The maximum atomic E-state index is 12.9. The van der Waals surface area contributed by atoms with Crippen LogP contribution in [0, 0.1) is 0 Å². The zero-order valence-electron chi connectivity index (χ0n) is 18.5. The number of anilines is 1. The van der Waals surface area contributed by atoms with E-state index < -0.39 is 22.0 Å². The summed E-state index contributed by atoms with van der Waals surface area (Å²) in [6.07, 6.45) is 4.33. The van der Waals surface area contributed by atoms with Crippen LogP contribution in [-0.2, 0) is 31.0 Å². The molecular formula is C21H27N3O9S. The maximum absolute atomic E-state index is 12.9.